The van der Waals surface area contributed by atoms with Crippen LogP contribution in [0.3, 0.4) is 0 Å². The zero-order valence-corrected chi connectivity index (χ0v) is 10.6. The largest absolute Gasteiger partial charge is 0.294 e. The Morgan fingerprint density at radius 1 is 1.47 bits per heavy atom. The first-order valence-corrected chi connectivity index (χ1v) is 6.63. The average molecular weight is 249 g/mol. The molecular weight excluding hydrogens is 234 g/mol. The van der Waals surface area contributed by atoms with Gasteiger partial charge in [-0.1, -0.05) is 0 Å². The van der Waals surface area contributed by atoms with Crippen LogP contribution in [-0.4, -0.2) is 38.0 Å². The fourth-order valence-corrected chi connectivity index (χ4v) is 3.01. The van der Waals surface area contributed by atoms with Crippen molar-refractivity contribution >= 4 is 11.3 Å². The Morgan fingerprint density at radius 3 is 3.12 bits per heavy atom. The van der Waals surface area contributed by atoms with Crippen molar-refractivity contribution in [1.29, 1.82) is 0 Å². The lowest BCUT2D eigenvalue weighted by Crippen LogP contribution is -2.21. The third-order valence-corrected chi connectivity index (χ3v) is 3.90. The first-order valence-electron chi connectivity index (χ1n) is 5.82. The molecule has 6 heteroatoms. The SMILES string of the molecule is Cc1nnc(CN2CCC(n3cccn3)C2)s1. The maximum absolute atomic E-state index is 4.31. The van der Waals surface area contributed by atoms with Crippen LogP contribution >= 0.6 is 11.3 Å². The van der Waals surface area contributed by atoms with E-state index in [0.29, 0.717) is 6.04 Å². The topological polar surface area (TPSA) is 46.8 Å². The van der Waals surface area contributed by atoms with Crippen LogP contribution in [0.4, 0.5) is 0 Å². The molecule has 1 aliphatic heterocycles. The summed E-state index contributed by atoms with van der Waals surface area (Å²) in [6.07, 6.45) is 5.06. The van der Waals surface area contributed by atoms with Gasteiger partial charge in [-0.25, -0.2) is 0 Å². The molecule has 0 spiro atoms. The van der Waals surface area contributed by atoms with Gasteiger partial charge in [0.25, 0.3) is 0 Å². The van der Waals surface area contributed by atoms with Crippen LogP contribution in [0.25, 0.3) is 0 Å². The molecule has 17 heavy (non-hydrogen) atoms. The molecule has 3 heterocycles. The fourth-order valence-electron chi connectivity index (χ4n) is 2.26. The van der Waals surface area contributed by atoms with E-state index in [1.807, 2.05) is 25.4 Å². The molecule has 90 valence electrons. The predicted octanol–water partition coefficient (Wildman–Crippen LogP) is 1.49. The molecule has 2 aromatic heterocycles. The Labute approximate surface area is 104 Å². The van der Waals surface area contributed by atoms with Gasteiger partial charge in [-0.3, -0.25) is 9.58 Å². The third-order valence-electron chi connectivity index (χ3n) is 3.07. The first kappa shape index (κ1) is 10.9. The summed E-state index contributed by atoms with van der Waals surface area (Å²) in [4.78, 5) is 2.42. The van der Waals surface area contributed by atoms with Gasteiger partial charge in [0.05, 0.1) is 12.6 Å². The molecule has 0 saturated carbocycles. The molecule has 0 aromatic carbocycles. The number of nitrogens with zero attached hydrogens (tertiary/aromatic N) is 5. The summed E-state index contributed by atoms with van der Waals surface area (Å²) < 4.78 is 2.06. The quantitative estimate of drug-likeness (QED) is 0.827. The second-order valence-electron chi connectivity index (χ2n) is 4.38. The molecule has 1 saturated heterocycles. The number of rotatable bonds is 3. The molecule has 0 bridgehead atoms. The van der Waals surface area contributed by atoms with Crippen LogP contribution in [0.15, 0.2) is 18.5 Å². The molecule has 1 atom stereocenters. The summed E-state index contributed by atoms with van der Waals surface area (Å²) in [6.45, 7) is 5.09. The minimum Gasteiger partial charge on any atom is -0.294 e. The molecular formula is C11H15N5S. The number of aryl methyl sites for hydroxylation is 1. The summed E-state index contributed by atoms with van der Waals surface area (Å²) in [5.74, 6) is 0. The molecule has 1 unspecified atom stereocenters. The van der Waals surface area contributed by atoms with Crippen molar-refractivity contribution in [2.24, 2.45) is 0 Å². The van der Waals surface area contributed by atoms with Gasteiger partial charge in [-0.05, 0) is 19.4 Å². The maximum atomic E-state index is 4.31. The highest BCUT2D eigenvalue weighted by Crippen LogP contribution is 2.22. The maximum Gasteiger partial charge on any atom is 0.131 e. The second-order valence-corrected chi connectivity index (χ2v) is 5.64. The Hall–Kier alpha value is -1.27. The van der Waals surface area contributed by atoms with Gasteiger partial charge in [-0.15, -0.1) is 21.5 Å². The lowest BCUT2D eigenvalue weighted by molar-refractivity contribution is 0.310. The van der Waals surface area contributed by atoms with Crippen molar-refractivity contribution in [2.75, 3.05) is 13.1 Å². The van der Waals surface area contributed by atoms with Crippen LogP contribution in [0, 0.1) is 6.92 Å². The van der Waals surface area contributed by atoms with Gasteiger partial charge in [0.15, 0.2) is 0 Å². The standard InChI is InChI=1S/C11H15N5S/c1-9-13-14-11(17-9)8-15-6-3-10(7-15)16-5-2-4-12-16/h2,4-5,10H,3,6-8H2,1H3. The smallest absolute Gasteiger partial charge is 0.131 e. The minimum atomic E-state index is 0.513. The average Bonchev–Trinajstić information content (AvgIpc) is 3.00. The zero-order chi connectivity index (χ0) is 11.7. The molecule has 5 nitrogen and oxygen atoms in total. The Kier molecular flexibility index (Phi) is 2.90. The second kappa shape index (κ2) is 4.54. The van der Waals surface area contributed by atoms with Crippen LogP contribution < -0.4 is 0 Å². The van der Waals surface area contributed by atoms with E-state index in [9.17, 15) is 0 Å². The summed E-state index contributed by atoms with van der Waals surface area (Å²) in [6, 6.07) is 2.50. The van der Waals surface area contributed by atoms with E-state index in [0.717, 1.165) is 29.6 Å². The highest BCUT2D eigenvalue weighted by Gasteiger charge is 2.24. The van der Waals surface area contributed by atoms with Gasteiger partial charge in [-0.2, -0.15) is 5.10 Å². The normalized spacial score (nSPS) is 21.1. The van der Waals surface area contributed by atoms with Crippen molar-refractivity contribution in [3.8, 4) is 0 Å². The summed E-state index contributed by atoms with van der Waals surface area (Å²) in [5.41, 5.74) is 0. The zero-order valence-electron chi connectivity index (χ0n) is 9.78. The molecule has 0 N–H and O–H groups in total. The Balaban J connectivity index is 1.61. The number of aromatic nitrogens is 4. The molecule has 1 fully saturated rings. The van der Waals surface area contributed by atoms with Crippen LogP contribution in [0.2, 0.25) is 0 Å². The van der Waals surface area contributed by atoms with E-state index in [2.05, 4.69) is 24.9 Å². The van der Waals surface area contributed by atoms with Gasteiger partial charge in [0.2, 0.25) is 0 Å². The van der Waals surface area contributed by atoms with Crippen molar-refractivity contribution < 1.29 is 0 Å². The number of likely N-dealkylation sites (tertiary alicyclic amines) is 1. The van der Waals surface area contributed by atoms with Crippen molar-refractivity contribution in [3.05, 3.63) is 28.5 Å². The Morgan fingerprint density at radius 2 is 2.41 bits per heavy atom. The highest BCUT2D eigenvalue weighted by atomic mass is 32.1. The van der Waals surface area contributed by atoms with E-state index in [4.69, 9.17) is 0 Å². The van der Waals surface area contributed by atoms with Crippen LogP contribution in [0.1, 0.15) is 22.5 Å². The van der Waals surface area contributed by atoms with Crippen LogP contribution in [-0.2, 0) is 6.54 Å². The van der Waals surface area contributed by atoms with Gasteiger partial charge >= 0.3 is 0 Å². The monoisotopic (exact) mass is 249 g/mol. The summed E-state index contributed by atoms with van der Waals surface area (Å²) >= 11 is 1.69. The molecule has 0 radical (unpaired) electrons. The molecule has 2 aromatic rings. The van der Waals surface area contributed by atoms with E-state index in [1.165, 1.54) is 6.42 Å². The lowest BCUT2D eigenvalue weighted by atomic mass is 10.3. The number of hydrogen-bond donors (Lipinski definition) is 0. The first-order chi connectivity index (χ1) is 8.31. The van der Waals surface area contributed by atoms with E-state index in [1.54, 1.807) is 11.3 Å². The predicted molar refractivity (Wildman–Crippen MR) is 65.8 cm³/mol. The highest BCUT2D eigenvalue weighted by molar-refractivity contribution is 7.11. The molecule has 0 aliphatic carbocycles. The van der Waals surface area contributed by atoms with Crippen molar-refractivity contribution in [2.45, 2.75) is 25.9 Å². The van der Waals surface area contributed by atoms with E-state index in [-0.39, 0.29) is 0 Å². The van der Waals surface area contributed by atoms with Crippen molar-refractivity contribution in [1.82, 2.24) is 24.9 Å². The Bertz CT molecular complexity index is 478. The van der Waals surface area contributed by atoms with E-state index < -0.39 is 0 Å². The van der Waals surface area contributed by atoms with Gasteiger partial charge in [0.1, 0.15) is 10.0 Å². The van der Waals surface area contributed by atoms with Gasteiger partial charge in [0, 0.05) is 25.5 Å². The number of hydrogen-bond acceptors (Lipinski definition) is 5. The van der Waals surface area contributed by atoms with E-state index >= 15 is 0 Å². The lowest BCUT2D eigenvalue weighted by Gasteiger charge is -2.14. The molecule has 3 rings (SSSR count). The van der Waals surface area contributed by atoms with Gasteiger partial charge < -0.3 is 0 Å². The summed E-state index contributed by atoms with van der Waals surface area (Å²) in [5, 5.41) is 14.7. The fraction of sp³-hybridized carbons (Fsp3) is 0.545. The van der Waals surface area contributed by atoms with Crippen LogP contribution in [0.5, 0.6) is 0 Å². The van der Waals surface area contributed by atoms with Crippen molar-refractivity contribution in [3.63, 3.8) is 0 Å². The minimum absolute atomic E-state index is 0.513. The molecule has 1 aliphatic rings. The molecule has 0 amide bonds. The summed E-state index contributed by atoms with van der Waals surface area (Å²) in [7, 11) is 0. The third kappa shape index (κ3) is 2.37.